The SMILES string of the molecule is C[n+]1ccccc1/C=C/c1ccc(NC(=O)CCSSCCC(=O)Nc2ccc(/C=C/c3cccc[n+]3C)cc2)cc1. The van der Waals surface area contributed by atoms with Gasteiger partial charge in [-0.15, -0.1) is 0 Å². The highest BCUT2D eigenvalue weighted by molar-refractivity contribution is 8.76. The zero-order chi connectivity index (χ0) is 29.6. The summed E-state index contributed by atoms with van der Waals surface area (Å²) in [6.07, 6.45) is 13.1. The molecule has 0 fully saturated rings. The van der Waals surface area contributed by atoms with Crippen molar-refractivity contribution < 1.29 is 18.7 Å². The molecule has 2 aromatic carbocycles. The number of rotatable bonds is 13. The monoisotopic (exact) mass is 596 g/mol. The number of aromatic nitrogens is 2. The van der Waals surface area contributed by atoms with Crippen molar-refractivity contribution in [2.24, 2.45) is 14.1 Å². The van der Waals surface area contributed by atoms with Crippen LogP contribution in [0, 0.1) is 0 Å². The Morgan fingerprint density at radius 2 is 1.00 bits per heavy atom. The van der Waals surface area contributed by atoms with Crippen molar-refractivity contribution >= 4 is 69.1 Å². The second kappa shape index (κ2) is 16.3. The predicted octanol–water partition coefficient (Wildman–Crippen LogP) is 6.42. The fraction of sp³-hybridized carbons (Fsp3) is 0.176. The normalized spacial score (nSPS) is 11.2. The van der Waals surface area contributed by atoms with E-state index in [9.17, 15) is 9.59 Å². The van der Waals surface area contributed by atoms with Crippen molar-refractivity contribution in [3.63, 3.8) is 0 Å². The quantitative estimate of drug-likeness (QED) is 0.106. The molecule has 0 saturated heterocycles. The third-order valence-corrected chi connectivity index (χ3v) is 8.79. The van der Waals surface area contributed by atoms with Gasteiger partial charge in [-0.25, -0.2) is 9.13 Å². The van der Waals surface area contributed by atoms with Gasteiger partial charge in [-0.3, -0.25) is 9.59 Å². The minimum atomic E-state index is -0.0172. The molecule has 0 aliphatic heterocycles. The van der Waals surface area contributed by atoms with Crippen molar-refractivity contribution in [3.05, 3.63) is 120 Å². The number of nitrogens with one attached hydrogen (secondary N) is 2. The van der Waals surface area contributed by atoms with Crippen LogP contribution in [0.1, 0.15) is 35.4 Å². The predicted molar refractivity (Wildman–Crippen MR) is 177 cm³/mol. The molecule has 8 heteroatoms. The Morgan fingerprint density at radius 3 is 1.38 bits per heavy atom. The highest BCUT2D eigenvalue weighted by Crippen LogP contribution is 2.23. The Labute approximate surface area is 256 Å². The maximum absolute atomic E-state index is 12.3. The number of amides is 2. The second-order valence-electron chi connectivity index (χ2n) is 9.62. The number of pyridine rings is 2. The van der Waals surface area contributed by atoms with Crippen LogP contribution in [0.5, 0.6) is 0 Å². The maximum Gasteiger partial charge on any atom is 0.225 e. The van der Waals surface area contributed by atoms with Crippen LogP contribution in [-0.4, -0.2) is 23.3 Å². The summed E-state index contributed by atoms with van der Waals surface area (Å²) in [5, 5.41) is 5.90. The van der Waals surface area contributed by atoms with E-state index in [1.54, 1.807) is 21.6 Å². The summed E-state index contributed by atoms with van der Waals surface area (Å²) >= 11 is 0. The molecule has 0 bridgehead atoms. The molecule has 2 N–H and O–H groups in total. The second-order valence-corrected chi connectivity index (χ2v) is 12.3. The molecule has 0 spiro atoms. The summed E-state index contributed by atoms with van der Waals surface area (Å²) in [6.45, 7) is 0. The lowest BCUT2D eigenvalue weighted by Gasteiger charge is -2.06. The molecule has 214 valence electrons. The maximum atomic E-state index is 12.3. The largest absolute Gasteiger partial charge is 0.326 e. The minimum absolute atomic E-state index is 0.0172. The molecule has 0 radical (unpaired) electrons. The van der Waals surface area contributed by atoms with Crippen molar-refractivity contribution in [2.45, 2.75) is 12.8 Å². The first-order chi connectivity index (χ1) is 20.5. The van der Waals surface area contributed by atoms with Crippen LogP contribution in [0.2, 0.25) is 0 Å². The number of nitrogens with zero attached hydrogens (tertiary/aromatic N) is 2. The molecule has 4 rings (SSSR count). The Morgan fingerprint density at radius 1 is 0.595 bits per heavy atom. The van der Waals surface area contributed by atoms with Gasteiger partial charge >= 0.3 is 0 Å². The Kier molecular flexibility index (Phi) is 12.0. The highest BCUT2D eigenvalue weighted by Gasteiger charge is 2.06. The standard InChI is InChI=1S/C34H34N4O2S2/c1-37-23-5-3-7-31(37)19-13-27-9-15-29(16-10-27)35-33(39)21-25-41-42-26-22-34(40)36-30-17-11-28(12-18-30)14-20-32-8-4-6-24-38(32)2/h3-20,23-24H,21-22,25-26H2,1-2H3/p+2. The smallest absolute Gasteiger partial charge is 0.225 e. The van der Waals surface area contributed by atoms with Crippen molar-refractivity contribution in [2.75, 3.05) is 22.1 Å². The van der Waals surface area contributed by atoms with Crippen LogP contribution in [0.15, 0.2) is 97.3 Å². The number of carbonyl (C=O) groups is 2. The Bertz CT molecular complexity index is 1420. The lowest BCUT2D eigenvalue weighted by Crippen LogP contribution is -2.30. The molecule has 0 aliphatic carbocycles. The van der Waals surface area contributed by atoms with Gasteiger partial charge in [-0.2, -0.15) is 0 Å². The van der Waals surface area contributed by atoms with Gasteiger partial charge in [0.2, 0.25) is 23.2 Å². The van der Waals surface area contributed by atoms with Crippen LogP contribution in [0.3, 0.4) is 0 Å². The summed E-state index contributed by atoms with van der Waals surface area (Å²) < 4.78 is 4.12. The molecule has 4 aromatic rings. The van der Waals surface area contributed by atoms with E-state index in [2.05, 4.69) is 56.2 Å². The van der Waals surface area contributed by atoms with Gasteiger partial charge in [0.1, 0.15) is 14.1 Å². The van der Waals surface area contributed by atoms with E-state index >= 15 is 0 Å². The van der Waals surface area contributed by atoms with Gasteiger partial charge in [0.15, 0.2) is 12.4 Å². The van der Waals surface area contributed by atoms with Gasteiger partial charge in [0.05, 0.1) is 0 Å². The number of anilines is 2. The average molecular weight is 597 g/mol. The lowest BCUT2D eigenvalue weighted by molar-refractivity contribution is -0.673. The van der Waals surface area contributed by atoms with Crippen LogP contribution in [-0.2, 0) is 23.7 Å². The van der Waals surface area contributed by atoms with E-state index in [1.807, 2.05) is 99.3 Å². The molecule has 2 heterocycles. The third kappa shape index (κ3) is 10.4. The molecule has 6 nitrogen and oxygen atoms in total. The number of aryl methyl sites for hydroxylation is 2. The average Bonchev–Trinajstić information content (AvgIpc) is 2.99. The topological polar surface area (TPSA) is 66.0 Å². The zero-order valence-electron chi connectivity index (χ0n) is 23.9. The van der Waals surface area contributed by atoms with Crippen LogP contribution in [0.4, 0.5) is 11.4 Å². The van der Waals surface area contributed by atoms with E-state index in [-0.39, 0.29) is 11.8 Å². The first-order valence-corrected chi connectivity index (χ1v) is 16.2. The Hall–Kier alpha value is -4.14. The molecule has 0 atom stereocenters. The van der Waals surface area contributed by atoms with Gasteiger partial charge in [-0.05, 0) is 59.7 Å². The number of hydrogen-bond donors (Lipinski definition) is 2. The molecule has 2 aromatic heterocycles. The first-order valence-electron chi connectivity index (χ1n) is 13.8. The van der Waals surface area contributed by atoms with E-state index in [0.717, 1.165) is 33.9 Å². The third-order valence-electron chi connectivity index (χ3n) is 6.38. The van der Waals surface area contributed by atoms with E-state index in [0.29, 0.717) is 24.3 Å². The van der Waals surface area contributed by atoms with Gasteiger partial charge in [0.25, 0.3) is 0 Å². The van der Waals surface area contributed by atoms with Gasteiger partial charge in [0, 0.05) is 72.1 Å². The highest BCUT2D eigenvalue weighted by atomic mass is 33.1. The number of carbonyl (C=O) groups excluding carboxylic acids is 2. The zero-order valence-corrected chi connectivity index (χ0v) is 25.5. The molecule has 0 aliphatic rings. The van der Waals surface area contributed by atoms with E-state index in [4.69, 9.17) is 0 Å². The van der Waals surface area contributed by atoms with Crippen molar-refractivity contribution in [1.29, 1.82) is 0 Å². The van der Waals surface area contributed by atoms with Gasteiger partial charge in [-0.1, -0.05) is 45.9 Å². The molecule has 2 amide bonds. The first kappa shape index (κ1) is 30.8. The molecular weight excluding hydrogens is 561 g/mol. The molecule has 0 unspecified atom stereocenters. The lowest BCUT2D eigenvalue weighted by atomic mass is 10.1. The molecule has 0 saturated carbocycles. The van der Waals surface area contributed by atoms with Crippen LogP contribution >= 0.6 is 21.6 Å². The van der Waals surface area contributed by atoms with Crippen molar-refractivity contribution in [3.8, 4) is 0 Å². The molecular formula is C34H36N4O2S2+2. The number of benzene rings is 2. The van der Waals surface area contributed by atoms with Crippen LogP contribution < -0.4 is 19.8 Å². The molecule has 42 heavy (non-hydrogen) atoms. The van der Waals surface area contributed by atoms with Crippen LogP contribution in [0.25, 0.3) is 24.3 Å². The summed E-state index contributed by atoms with van der Waals surface area (Å²) in [6, 6.07) is 27.8. The summed E-state index contributed by atoms with van der Waals surface area (Å²) in [4.78, 5) is 24.6. The van der Waals surface area contributed by atoms with Gasteiger partial charge < -0.3 is 10.6 Å². The van der Waals surface area contributed by atoms with E-state index in [1.165, 1.54) is 0 Å². The minimum Gasteiger partial charge on any atom is -0.326 e. The fourth-order valence-corrected chi connectivity index (χ4v) is 5.95. The summed E-state index contributed by atoms with van der Waals surface area (Å²) in [5.41, 5.74) is 5.92. The summed E-state index contributed by atoms with van der Waals surface area (Å²) in [5.74, 6) is 1.33. The van der Waals surface area contributed by atoms with Crippen molar-refractivity contribution in [1.82, 2.24) is 0 Å². The Balaban J connectivity index is 1.08. The summed E-state index contributed by atoms with van der Waals surface area (Å²) in [7, 11) is 7.25. The fourth-order valence-electron chi connectivity index (χ4n) is 3.97. The van der Waals surface area contributed by atoms with E-state index < -0.39 is 0 Å². The number of hydrogen-bond acceptors (Lipinski definition) is 4.